The van der Waals surface area contributed by atoms with Crippen LogP contribution in [0.2, 0.25) is 0 Å². The van der Waals surface area contributed by atoms with Gasteiger partial charge in [-0.15, -0.1) is 0 Å². The van der Waals surface area contributed by atoms with Crippen LogP contribution in [0.5, 0.6) is 23.0 Å². The second kappa shape index (κ2) is 10.0. The van der Waals surface area contributed by atoms with Gasteiger partial charge in [0, 0.05) is 17.2 Å². The van der Waals surface area contributed by atoms with Gasteiger partial charge in [0.15, 0.2) is 0 Å². The lowest BCUT2D eigenvalue weighted by atomic mass is 9.83. The summed E-state index contributed by atoms with van der Waals surface area (Å²) in [5.74, 6) is 0.902. The Labute approximate surface area is 197 Å². The van der Waals surface area contributed by atoms with Crippen LogP contribution in [-0.2, 0) is 0 Å². The van der Waals surface area contributed by atoms with E-state index in [-0.39, 0.29) is 17.2 Å². The number of fused-ring (bicyclic) bond motifs is 1. The molecule has 0 saturated carbocycles. The van der Waals surface area contributed by atoms with Crippen molar-refractivity contribution in [2.45, 2.75) is 19.3 Å². The number of hydrogen-bond donors (Lipinski definition) is 1. The van der Waals surface area contributed by atoms with Crippen LogP contribution < -0.4 is 24.7 Å². The van der Waals surface area contributed by atoms with Gasteiger partial charge < -0.3 is 24.7 Å². The number of para-hydroxylation sites is 1. The lowest BCUT2D eigenvalue weighted by Crippen LogP contribution is -2.21. The molecule has 0 fully saturated rings. The first-order valence-electron chi connectivity index (χ1n) is 10.8. The third-order valence-corrected chi connectivity index (χ3v) is 5.39. The summed E-state index contributed by atoms with van der Waals surface area (Å²) in [5.41, 5.74) is 8.24. The van der Waals surface area contributed by atoms with E-state index in [0.717, 1.165) is 12.0 Å². The number of ether oxygens (including phenoxy) is 4. The van der Waals surface area contributed by atoms with Crippen LogP contribution in [0.4, 0.5) is 0 Å². The summed E-state index contributed by atoms with van der Waals surface area (Å²) in [6, 6.07) is 21.4. The molecular weight excluding hydrogens is 432 g/mol. The number of nitrogens with zero attached hydrogens (tertiary/aromatic N) is 1. The Morgan fingerprint density at radius 3 is 2.65 bits per heavy atom. The minimum atomic E-state index is -0.528. The molecule has 1 aliphatic heterocycles. The average Bonchev–Trinajstić information content (AvgIpc) is 2.86. The van der Waals surface area contributed by atoms with Gasteiger partial charge in [-0.1, -0.05) is 37.3 Å². The number of nitrogens with two attached hydrogens (primary N) is 1. The minimum absolute atomic E-state index is 0.00448. The maximum absolute atomic E-state index is 12.7. The molecule has 0 saturated heterocycles. The maximum Gasteiger partial charge on any atom is 0.343 e. The molecule has 0 radical (unpaired) electrons. The molecule has 1 aliphatic rings. The Kier molecular flexibility index (Phi) is 6.69. The number of benzene rings is 3. The van der Waals surface area contributed by atoms with E-state index >= 15 is 0 Å². The molecule has 34 heavy (non-hydrogen) atoms. The predicted octanol–water partition coefficient (Wildman–Crippen LogP) is 4.92. The van der Waals surface area contributed by atoms with Crippen molar-refractivity contribution in [3.63, 3.8) is 0 Å². The summed E-state index contributed by atoms with van der Waals surface area (Å²) in [6.07, 6.45) is 0.866. The predicted molar refractivity (Wildman–Crippen MR) is 126 cm³/mol. The van der Waals surface area contributed by atoms with E-state index in [1.54, 1.807) is 49.6 Å². The summed E-state index contributed by atoms with van der Waals surface area (Å²) in [6.45, 7) is 2.57. The normalized spacial score (nSPS) is 14.4. The smallest absolute Gasteiger partial charge is 0.343 e. The molecule has 0 bridgehead atoms. The van der Waals surface area contributed by atoms with Gasteiger partial charge in [-0.3, -0.25) is 0 Å². The van der Waals surface area contributed by atoms with Crippen molar-refractivity contribution in [1.82, 2.24) is 0 Å². The fourth-order valence-electron chi connectivity index (χ4n) is 3.82. The average molecular weight is 456 g/mol. The highest BCUT2D eigenvalue weighted by Crippen LogP contribution is 2.45. The molecule has 0 amide bonds. The first kappa shape index (κ1) is 22.7. The topological polar surface area (TPSA) is 104 Å². The molecule has 1 unspecified atom stereocenters. The lowest BCUT2D eigenvalue weighted by Gasteiger charge is -2.27. The van der Waals surface area contributed by atoms with Crippen LogP contribution in [-0.4, -0.2) is 19.7 Å². The van der Waals surface area contributed by atoms with Gasteiger partial charge >= 0.3 is 5.97 Å². The van der Waals surface area contributed by atoms with E-state index in [4.69, 9.17) is 24.7 Å². The number of carbonyl (C=O) groups excluding carboxylic acids is 1. The number of nitriles is 1. The fourth-order valence-corrected chi connectivity index (χ4v) is 3.82. The number of methoxy groups -OCH3 is 1. The van der Waals surface area contributed by atoms with Crippen LogP contribution in [0.1, 0.15) is 40.7 Å². The standard InChI is InChI=1S/C27H24N2O5/c1-3-13-32-18-8-6-7-17(14-18)27(30)33-19-11-12-21-24(15-19)34-26(29)22(16-28)25(21)20-9-4-5-10-23(20)31-2/h4-12,14-15,25H,3,13,29H2,1-2H3. The molecule has 1 heterocycles. The molecule has 0 aromatic heterocycles. The lowest BCUT2D eigenvalue weighted by molar-refractivity contribution is 0.0734. The summed E-state index contributed by atoms with van der Waals surface area (Å²) >= 11 is 0. The number of hydrogen-bond acceptors (Lipinski definition) is 7. The van der Waals surface area contributed by atoms with Crippen molar-refractivity contribution in [3.8, 4) is 29.1 Å². The van der Waals surface area contributed by atoms with Gasteiger partial charge in [-0.25, -0.2) is 4.79 Å². The summed E-state index contributed by atoms with van der Waals surface area (Å²) in [7, 11) is 1.57. The zero-order chi connectivity index (χ0) is 24.1. The Balaban J connectivity index is 1.65. The minimum Gasteiger partial charge on any atom is -0.496 e. The van der Waals surface area contributed by atoms with E-state index in [0.29, 0.717) is 35.0 Å². The fraction of sp³-hybridized carbons (Fsp3) is 0.185. The summed E-state index contributed by atoms with van der Waals surface area (Å²) in [5, 5.41) is 9.77. The van der Waals surface area contributed by atoms with Crippen molar-refractivity contribution >= 4 is 5.97 Å². The highest BCUT2D eigenvalue weighted by atomic mass is 16.5. The molecule has 0 spiro atoms. The van der Waals surface area contributed by atoms with Crippen molar-refractivity contribution in [1.29, 1.82) is 5.26 Å². The summed E-state index contributed by atoms with van der Waals surface area (Å²) in [4.78, 5) is 12.7. The van der Waals surface area contributed by atoms with Crippen molar-refractivity contribution in [3.05, 3.63) is 94.9 Å². The van der Waals surface area contributed by atoms with Gasteiger partial charge in [-0.05, 0) is 36.8 Å². The Bertz CT molecular complexity index is 1290. The van der Waals surface area contributed by atoms with Gasteiger partial charge in [-0.2, -0.15) is 5.26 Å². The highest BCUT2D eigenvalue weighted by Gasteiger charge is 2.32. The summed E-state index contributed by atoms with van der Waals surface area (Å²) < 4.78 is 22.4. The molecule has 0 aliphatic carbocycles. The second-order valence-corrected chi connectivity index (χ2v) is 7.63. The molecule has 7 nitrogen and oxygen atoms in total. The Morgan fingerprint density at radius 1 is 1.06 bits per heavy atom. The molecular formula is C27H24N2O5. The number of allylic oxidation sites excluding steroid dienone is 1. The van der Waals surface area contributed by atoms with Crippen LogP contribution in [0.25, 0.3) is 0 Å². The Hall–Kier alpha value is -4.44. The van der Waals surface area contributed by atoms with Crippen molar-refractivity contribution in [2.24, 2.45) is 5.73 Å². The van der Waals surface area contributed by atoms with E-state index in [9.17, 15) is 10.1 Å². The van der Waals surface area contributed by atoms with Gasteiger partial charge in [0.25, 0.3) is 0 Å². The first-order valence-corrected chi connectivity index (χ1v) is 10.8. The SMILES string of the molecule is CCCOc1cccc(C(=O)Oc2ccc3c(c2)OC(N)=C(C#N)C3c2ccccc2OC)c1. The van der Waals surface area contributed by atoms with E-state index in [1.165, 1.54) is 0 Å². The third kappa shape index (κ3) is 4.52. The van der Waals surface area contributed by atoms with Crippen LogP contribution in [0.3, 0.4) is 0 Å². The van der Waals surface area contributed by atoms with Crippen molar-refractivity contribution < 1.29 is 23.7 Å². The molecule has 2 N–H and O–H groups in total. The van der Waals surface area contributed by atoms with Crippen LogP contribution >= 0.6 is 0 Å². The molecule has 1 atom stereocenters. The molecule has 172 valence electrons. The van der Waals surface area contributed by atoms with Crippen LogP contribution in [0.15, 0.2) is 78.2 Å². The number of esters is 1. The molecule has 7 heteroatoms. The zero-order valence-corrected chi connectivity index (χ0v) is 18.9. The van der Waals surface area contributed by atoms with E-state index < -0.39 is 11.9 Å². The van der Waals surface area contributed by atoms with Gasteiger partial charge in [0.2, 0.25) is 5.88 Å². The van der Waals surface area contributed by atoms with Crippen molar-refractivity contribution in [2.75, 3.05) is 13.7 Å². The monoisotopic (exact) mass is 456 g/mol. The molecule has 3 aromatic carbocycles. The highest BCUT2D eigenvalue weighted by molar-refractivity contribution is 5.91. The number of carbonyl (C=O) groups is 1. The Morgan fingerprint density at radius 2 is 1.88 bits per heavy atom. The van der Waals surface area contributed by atoms with Gasteiger partial charge in [0.05, 0.1) is 25.2 Å². The quantitative estimate of drug-likeness (QED) is 0.397. The molecule has 4 rings (SSSR count). The zero-order valence-electron chi connectivity index (χ0n) is 18.9. The largest absolute Gasteiger partial charge is 0.496 e. The first-order chi connectivity index (χ1) is 16.5. The maximum atomic E-state index is 12.7. The van der Waals surface area contributed by atoms with Gasteiger partial charge in [0.1, 0.15) is 34.6 Å². The number of rotatable bonds is 7. The van der Waals surface area contributed by atoms with Crippen LogP contribution in [0, 0.1) is 11.3 Å². The second-order valence-electron chi connectivity index (χ2n) is 7.63. The van der Waals surface area contributed by atoms with E-state index in [2.05, 4.69) is 6.07 Å². The molecule has 3 aromatic rings. The van der Waals surface area contributed by atoms with E-state index in [1.807, 2.05) is 31.2 Å². The third-order valence-electron chi connectivity index (χ3n) is 5.39.